The fourth-order valence-corrected chi connectivity index (χ4v) is 1.68. The van der Waals surface area contributed by atoms with E-state index in [2.05, 4.69) is 21.2 Å². The van der Waals surface area contributed by atoms with Gasteiger partial charge in [-0.15, -0.1) is 0 Å². The van der Waals surface area contributed by atoms with Gasteiger partial charge in [-0.1, -0.05) is 0 Å². The molecule has 19 heavy (non-hydrogen) atoms. The van der Waals surface area contributed by atoms with E-state index in [9.17, 15) is 18.0 Å². The van der Waals surface area contributed by atoms with Gasteiger partial charge in [0.15, 0.2) is 11.6 Å². The van der Waals surface area contributed by atoms with Gasteiger partial charge in [-0.05, 0) is 22.0 Å². The Hall–Kier alpha value is -1.12. The molecule has 1 aliphatic heterocycles. The zero-order valence-electron chi connectivity index (χ0n) is 9.68. The zero-order chi connectivity index (χ0) is 14.4. The standard InChI is InChI=1S/C7H4BrF3O.C4H7NO2/c8-4-1-5(9)7(11)3(2-12)6(4)10;6-4-3-7-2-1-5-4/h1,12H,2H2;1-3H2,(H,5,6). The second-order valence-electron chi connectivity index (χ2n) is 3.51. The lowest BCUT2D eigenvalue weighted by molar-refractivity contribution is -0.128. The molecule has 0 aromatic heterocycles. The molecule has 0 radical (unpaired) electrons. The third kappa shape index (κ3) is 4.48. The third-order valence-corrected chi connectivity index (χ3v) is 2.74. The summed E-state index contributed by atoms with van der Waals surface area (Å²) in [6.45, 7) is 0.693. The number of ether oxygens (including phenoxy) is 1. The van der Waals surface area contributed by atoms with Gasteiger partial charge in [-0.3, -0.25) is 4.79 Å². The molecule has 2 N–H and O–H groups in total. The molecule has 106 valence electrons. The molecule has 1 aliphatic rings. The number of aliphatic hydroxyl groups is 1. The molecule has 0 bridgehead atoms. The monoisotopic (exact) mass is 341 g/mol. The number of carbonyl (C=O) groups is 1. The lowest BCUT2D eigenvalue weighted by Gasteiger charge is -2.10. The summed E-state index contributed by atoms with van der Waals surface area (Å²) in [6, 6.07) is 0.670. The van der Waals surface area contributed by atoms with Gasteiger partial charge < -0.3 is 15.2 Å². The van der Waals surface area contributed by atoms with E-state index in [1.54, 1.807) is 0 Å². The van der Waals surface area contributed by atoms with E-state index in [1.807, 2.05) is 0 Å². The Morgan fingerprint density at radius 1 is 1.37 bits per heavy atom. The van der Waals surface area contributed by atoms with E-state index >= 15 is 0 Å². The first-order valence-corrected chi connectivity index (χ1v) is 6.03. The highest BCUT2D eigenvalue weighted by atomic mass is 79.9. The Kier molecular flexibility index (Phi) is 6.26. The molecule has 1 heterocycles. The minimum atomic E-state index is -1.35. The Morgan fingerprint density at radius 2 is 2.05 bits per heavy atom. The van der Waals surface area contributed by atoms with Gasteiger partial charge in [0.1, 0.15) is 12.4 Å². The number of hydrogen-bond acceptors (Lipinski definition) is 3. The number of aliphatic hydroxyl groups excluding tert-OH is 1. The molecule has 8 heteroatoms. The van der Waals surface area contributed by atoms with Crippen LogP contribution in [0, 0.1) is 17.5 Å². The molecule has 0 unspecified atom stereocenters. The van der Waals surface area contributed by atoms with Crippen LogP contribution in [0.1, 0.15) is 5.56 Å². The molecule has 1 aromatic rings. The highest BCUT2D eigenvalue weighted by molar-refractivity contribution is 9.10. The van der Waals surface area contributed by atoms with Crippen LogP contribution in [0.15, 0.2) is 10.5 Å². The number of carbonyl (C=O) groups excluding carboxylic acids is 1. The maximum absolute atomic E-state index is 12.8. The topological polar surface area (TPSA) is 58.6 Å². The normalized spacial score (nSPS) is 14.5. The molecule has 4 nitrogen and oxygen atoms in total. The second kappa shape index (κ2) is 7.46. The molecule has 1 saturated heterocycles. The lowest BCUT2D eigenvalue weighted by atomic mass is 10.2. The van der Waals surface area contributed by atoms with Crippen LogP contribution in [-0.2, 0) is 16.1 Å². The first-order valence-electron chi connectivity index (χ1n) is 5.24. The van der Waals surface area contributed by atoms with Crippen molar-refractivity contribution in [2.75, 3.05) is 19.8 Å². The third-order valence-electron chi connectivity index (χ3n) is 2.16. The van der Waals surface area contributed by atoms with Gasteiger partial charge in [0.2, 0.25) is 5.91 Å². The van der Waals surface area contributed by atoms with Crippen LogP contribution in [0.4, 0.5) is 13.2 Å². The average molecular weight is 342 g/mol. The molecule has 0 saturated carbocycles. The van der Waals surface area contributed by atoms with Crippen LogP contribution in [-0.4, -0.2) is 30.8 Å². The Morgan fingerprint density at radius 3 is 2.47 bits per heavy atom. The zero-order valence-corrected chi connectivity index (χ0v) is 11.3. The van der Waals surface area contributed by atoms with Crippen LogP contribution in [0.3, 0.4) is 0 Å². The average Bonchev–Trinajstić information content (AvgIpc) is 2.39. The summed E-state index contributed by atoms with van der Waals surface area (Å²) in [5.74, 6) is -3.52. The number of halogens is 4. The van der Waals surface area contributed by atoms with E-state index in [4.69, 9.17) is 9.84 Å². The van der Waals surface area contributed by atoms with Crippen LogP contribution in [0.25, 0.3) is 0 Å². The van der Waals surface area contributed by atoms with E-state index in [-0.39, 0.29) is 17.0 Å². The van der Waals surface area contributed by atoms with Gasteiger partial charge in [0, 0.05) is 6.54 Å². The molecule has 1 fully saturated rings. The van der Waals surface area contributed by atoms with Crippen molar-refractivity contribution >= 4 is 21.8 Å². The molecular formula is C11H11BrF3NO3. The highest BCUT2D eigenvalue weighted by Gasteiger charge is 2.16. The van der Waals surface area contributed by atoms with E-state index in [1.165, 1.54) is 0 Å². The van der Waals surface area contributed by atoms with Gasteiger partial charge in [0.05, 0.1) is 23.2 Å². The first-order chi connectivity index (χ1) is 8.97. The first kappa shape index (κ1) is 15.9. The van der Waals surface area contributed by atoms with Crippen LogP contribution < -0.4 is 5.32 Å². The molecule has 1 amide bonds. The van der Waals surface area contributed by atoms with Crippen molar-refractivity contribution in [3.63, 3.8) is 0 Å². The summed E-state index contributed by atoms with van der Waals surface area (Å²) in [5.41, 5.74) is -0.665. The predicted molar refractivity (Wildman–Crippen MR) is 63.8 cm³/mol. The lowest BCUT2D eigenvalue weighted by Crippen LogP contribution is -2.36. The predicted octanol–water partition coefficient (Wildman–Crippen LogP) is 1.49. The summed E-state index contributed by atoms with van der Waals surface area (Å²) >= 11 is 2.68. The largest absolute Gasteiger partial charge is 0.391 e. The number of benzene rings is 1. The molecular weight excluding hydrogens is 331 g/mol. The van der Waals surface area contributed by atoms with Crippen molar-refractivity contribution < 1.29 is 27.8 Å². The Balaban J connectivity index is 0.000000218. The number of rotatable bonds is 1. The van der Waals surface area contributed by atoms with Gasteiger partial charge in [-0.25, -0.2) is 13.2 Å². The number of hydrogen-bond donors (Lipinski definition) is 2. The van der Waals surface area contributed by atoms with Crippen molar-refractivity contribution in [3.8, 4) is 0 Å². The molecule has 0 atom stereocenters. The minimum absolute atomic E-state index is 0.00810. The van der Waals surface area contributed by atoms with Crippen molar-refractivity contribution in [2.45, 2.75) is 6.61 Å². The summed E-state index contributed by atoms with van der Waals surface area (Å²) in [7, 11) is 0. The summed E-state index contributed by atoms with van der Waals surface area (Å²) < 4.78 is 42.6. The quantitative estimate of drug-likeness (QED) is 0.761. The van der Waals surface area contributed by atoms with Crippen molar-refractivity contribution in [2.24, 2.45) is 0 Å². The Labute approximate surface area is 115 Å². The van der Waals surface area contributed by atoms with E-state index in [0.717, 1.165) is 0 Å². The summed E-state index contributed by atoms with van der Waals surface area (Å²) in [4.78, 5) is 10.2. The summed E-state index contributed by atoms with van der Waals surface area (Å²) in [6.07, 6.45) is 0. The van der Waals surface area contributed by atoms with Crippen molar-refractivity contribution in [1.82, 2.24) is 5.32 Å². The van der Waals surface area contributed by atoms with Crippen LogP contribution in [0.2, 0.25) is 0 Å². The molecule has 2 rings (SSSR count). The van der Waals surface area contributed by atoms with Crippen molar-refractivity contribution in [3.05, 3.63) is 33.6 Å². The summed E-state index contributed by atoms with van der Waals surface area (Å²) in [5, 5.41) is 11.1. The Bertz CT molecular complexity index is 437. The van der Waals surface area contributed by atoms with Gasteiger partial charge in [-0.2, -0.15) is 0 Å². The fourth-order valence-electron chi connectivity index (χ4n) is 1.24. The number of morpholine rings is 1. The SMILES string of the molecule is O=C1COCCN1.OCc1c(F)c(F)cc(Br)c1F. The molecule has 0 aliphatic carbocycles. The second-order valence-corrected chi connectivity index (χ2v) is 4.36. The van der Waals surface area contributed by atoms with Crippen LogP contribution >= 0.6 is 15.9 Å². The van der Waals surface area contributed by atoms with Gasteiger partial charge >= 0.3 is 0 Å². The number of amides is 1. The highest BCUT2D eigenvalue weighted by Crippen LogP contribution is 2.23. The maximum atomic E-state index is 12.8. The minimum Gasteiger partial charge on any atom is -0.391 e. The van der Waals surface area contributed by atoms with Crippen LogP contribution in [0.5, 0.6) is 0 Å². The smallest absolute Gasteiger partial charge is 0.246 e. The maximum Gasteiger partial charge on any atom is 0.246 e. The van der Waals surface area contributed by atoms with E-state index in [0.29, 0.717) is 19.2 Å². The molecule has 0 spiro atoms. The molecule has 1 aromatic carbocycles. The fraction of sp³-hybridized carbons (Fsp3) is 0.364. The van der Waals surface area contributed by atoms with Gasteiger partial charge in [0.25, 0.3) is 0 Å². The number of nitrogens with one attached hydrogen (secondary N) is 1. The van der Waals surface area contributed by atoms with E-state index < -0.39 is 29.6 Å². The van der Waals surface area contributed by atoms with Crippen molar-refractivity contribution in [1.29, 1.82) is 0 Å².